The normalized spacial score (nSPS) is 17.2. The van der Waals surface area contributed by atoms with E-state index >= 15 is 0 Å². The summed E-state index contributed by atoms with van der Waals surface area (Å²) in [7, 11) is 0. The first-order valence-electron chi connectivity index (χ1n) is 8.68. The molecule has 1 aliphatic rings. The van der Waals surface area contributed by atoms with Gasteiger partial charge in [0.05, 0.1) is 19.6 Å². The number of morpholine rings is 1. The van der Waals surface area contributed by atoms with Crippen molar-refractivity contribution in [3.05, 3.63) is 29.8 Å². The molecule has 8 heteroatoms. The fraction of sp³-hybridized carbons (Fsp3) is 0.611. The zero-order valence-corrected chi connectivity index (χ0v) is 15.0. The van der Waals surface area contributed by atoms with Gasteiger partial charge in [-0.15, -0.1) is 13.2 Å². The van der Waals surface area contributed by atoms with Crippen molar-refractivity contribution in [3.63, 3.8) is 0 Å². The molecule has 0 radical (unpaired) electrons. The summed E-state index contributed by atoms with van der Waals surface area (Å²) in [6.45, 7) is 7.86. The number of hydrogen-bond acceptors (Lipinski definition) is 4. The first-order valence-corrected chi connectivity index (χ1v) is 8.68. The van der Waals surface area contributed by atoms with Crippen LogP contribution in [0.5, 0.6) is 5.75 Å². The third-order valence-corrected chi connectivity index (χ3v) is 4.31. The van der Waals surface area contributed by atoms with Crippen molar-refractivity contribution in [3.8, 4) is 5.75 Å². The molecular weight excluding hydrogens is 349 g/mol. The molecule has 0 bridgehead atoms. The number of nitrogens with zero attached hydrogens (tertiary/aromatic N) is 1. The van der Waals surface area contributed by atoms with Crippen molar-refractivity contribution >= 4 is 5.91 Å². The van der Waals surface area contributed by atoms with Crippen molar-refractivity contribution in [1.29, 1.82) is 0 Å². The average Bonchev–Trinajstić information content (AvgIpc) is 2.56. The Bertz CT molecular complexity index is 570. The number of carbonyl (C=O) groups is 1. The van der Waals surface area contributed by atoms with Crippen LogP contribution in [0.25, 0.3) is 0 Å². The molecule has 2 rings (SSSR count). The molecule has 1 aliphatic heterocycles. The second-order valence-electron chi connectivity index (χ2n) is 6.63. The quantitative estimate of drug-likeness (QED) is 0.797. The predicted molar refractivity (Wildman–Crippen MR) is 90.9 cm³/mol. The third kappa shape index (κ3) is 6.84. The SMILES string of the molecule is CC(C)C(CNC(=O)Cc1ccc(OC(F)(F)F)cc1)N1CCOCC1. The van der Waals surface area contributed by atoms with E-state index in [0.29, 0.717) is 31.2 Å². The van der Waals surface area contributed by atoms with Crippen LogP contribution in [0.15, 0.2) is 24.3 Å². The number of alkyl halides is 3. The van der Waals surface area contributed by atoms with Gasteiger partial charge in [0.1, 0.15) is 5.75 Å². The molecule has 5 nitrogen and oxygen atoms in total. The standard InChI is InChI=1S/C18H25F3N2O3/c1-13(2)16(23-7-9-25-10-8-23)12-22-17(24)11-14-3-5-15(6-4-14)26-18(19,20)21/h3-6,13,16H,7-12H2,1-2H3,(H,22,24). The van der Waals surface area contributed by atoms with Crippen LogP contribution in [0.4, 0.5) is 13.2 Å². The zero-order valence-electron chi connectivity index (χ0n) is 15.0. The lowest BCUT2D eigenvalue weighted by Crippen LogP contribution is -2.51. The highest BCUT2D eigenvalue weighted by Crippen LogP contribution is 2.22. The van der Waals surface area contributed by atoms with Gasteiger partial charge in [0.2, 0.25) is 5.91 Å². The molecular formula is C18H25F3N2O3. The lowest BCUT2D eigenvalue weighted by atomic mass is 10.0. The highest BCUT2D eigenvalue weighted by molar-refractivity contribution is 5.78. The van der Waals surface area contributed by atoms with Crippen LogP contribution in [-0.4, -0.2) is 56.1 Å². The molecule has 0 spiro atoms. The number of halogens is 3. The van der Waals surface area contributed by atoms with Crippen LogP contribution < -0.4 is 10.1 Å². The predicted octanol–water partition coefficient (Wildman–Crippen LogP) is 2.60. The van der Waals surface area contributed by atoms with Gasteiger partial charge in [0, 0.05) is 25.7 Å². The van der Waals surface area contributed by atoms with E-state index in [4.69, 9.17) is 4.74 Å². The van der Waals surface area contributed by atoms with Crippen LogP contribution in [0, 0.1) is 5.92 Å². The van der Waals surface area contributed by atoms with Gasteiger partial charge in [-0.1, -0.05) is 26.0 Å². The van der Waals surface area contributed by atoms with Crippen LogP contribution in [-0.2, 0) is 16.0 Å². The van der Waals surface area contributed by atoms with Gasteiger partial charge in [-0.25, -0.2) is 0 Å². The van der Waals surface area contributed by atoms with Gasteiger partial charge >= 0.3 is 6.36 Å². The average molecular weight is 374 g/mol. The number of hydrogen-bond donors (Lipinski definition) is 1. The Morgan fingerprint density at radius 2 is 1.85 bits per heavy atom. The summed E-state index contributed by atoms with van der Waals surface area (Å²) in [5, 5.41) is 2.93. The van der Waals surface area contributed by atoms with Gasteiger partial charge in [0.25, 0.3) is 0 Å². The maximum Gasteiger partial charge on any atom is 0.573 e. The lowest BCUT2D eigenvalue weighted by molar-refractivity contribution is -0.274. The number of carbonyl (C=O) groups excluding carboxylic acids is 1. The molecule has 1 aromatic rings. The van der Waals surface area contributed by atoms with Gasteiger partial charge in [-0.2, -0.15) is 0 Å². The summed E-state index contributed by atoms with van der Waals surface area (Å²) in [4.78, 5) is 14.5. The Labute approximate surface area is 151 Å². The summed E-state index contributed by atoms with van der Waals surface area (Å²) in [6, 6.07) is 5.57. The summed E-state index contributed by atoms with van der Waals surface area (Å²) in [5.41, 5.74) is 0.629. The van der Waals surface area contributed by atoms with E-state index in [0.717, 1.165) is 13.1 Å². The fourth-order valence-electron chi connectivity index (χ4n) is 2.97. The molecule has 0 aliphatic carbocycles. The summed E-state index contributed by atoms with van der Waals surface area (Å²) in [5.74, 6) is -0.0746. The second-order valence-corrected chi connectivity index (χ2v) is 6.63. The third-order valence-electron chi connectivity index (χ3n) is 4.31. The molecule has 1 heterocycles. The Balaban J connectivity index is 1.83. The molecule has 0 aromatic heterocycles. The van der Waals surface area contributed by atoms with Crippen LogP contribution in [0.2, 0.25) is 0 Å². The largest absolute Gasteiger partial charge is 0.573 e. The van der Waals surface area contributed by atoms with Crippen LogP contribution in [0.3, 0.4) is 0 Å². The lowest BCUT2D eigenvalue weighted by Gasteiger charge is -2.36. The molecule has 1 N–H and O–H groups in total. The maximum absolute atomic E-state index is 12.2. The first kappa shape index (κ1) is 20.5. The Kier molecular flexibility index (Phi) is 7.28. The highest BCUT2D eigenvalue weighted by atomic mass is 19.4. The molecule has 1 atom stereocenters. The van der Waals surface area contributed by atoms with Gasteiger partial charge in [0.15, 0.2) is 0 Å². The number of rotatable bonds is 7. The molecule has 0 saturated carbocycles. The summed E-state index contributed by atoms with van der Waals surface area (Å²) < 4.78 is 45.6. The van der Waals surface area contributed by atoms with E-state index in [1.54, 1.807) is 0 Å². The number of benzene rings is 1. The molecule has 1 saturated heterocycles. The molecule has 1 amide bonds. The second kappa shape index (κ2) is 9.23. The molecule has 1 aromatic carbocycles. The first-order chi connectivity index (χ1) is 12.2. The minimum absolute atomic E-state index is 0.111. The smallest absolute Gasteiger partial charge is 0.406 e. The Morgan fingerprint density at radius 3 is 2.38 bits per heavy atom. The molecule has 1 unspecified atom stereocenters. The van der Waals surface area contributed by atoms with Crippen molar-refractivity contribution in [2.75, 3.05) is 32.8 Å². The monoisotopic (exact) mass is 374 g/mol. The molecule has 26 heavy (non-hydrogen) atoms. The van der Waals surface area contributed by atoms with Crippen molar-refractivity contribution in [2.24, 2.45) is 5.92 Å². The van der Waals surface area contributed by atoms with E-state index in [9.17, 15) is 18.0 Å². The van der Waals surface area contributed by atoms with Crippen LogP contribution >= 0.6 is 0 Å². The Morgan fingerprint density at radius 1 is 1.23 bits per heavy atom. The van der Waals surface area contributed by atoms with Gasteiger partial charge < -0.3 is 14.8 Å². The molecule has 1 fully saturated rings. The van der Waals surface area contributed by atoms with Gasteiger partial charge in [-0.3, -0.25) is 9.69 Å². The Hall–Kier alpha value is -1.80. The maximum atomic E-state index is 12.2. The number of ether oxygens (including phenoxy) is 2. The minimum Gasteiger partial charge on any atom is -0.406 e. The minimum atomic E-state index is -4.72. The summed E-state index contributed by atoms with van der Waals surface area (Å²) in [6.07, 6.45) is -4.61. The highest BCUT2D eigenvalue weighted by Gasteiger charge is 2.31. The molecule has 146 valence electrons. The number of amides is 1. The van der Waals surface area contributed by atoms with E-state index in [1.807, 2.05) is 0 Å². The topological polar surface area (TPSA) is 50.8 Å². The fourth-order valence-corrected chi connectivity index (χ4v) is 2.97. The zero-order chi connectivity index (χ0) is 19.2. The van der Waals surface area contributed by atoms with Crippen molar-refractivity contribution in [1.82, 2.24) is 10.2 Å². The van der Waals surface area contributed by atoms with E-state index < -0.39 is 6.36 Å². The van der Waals surface area contributed by atoms with Crippen molar-refractivity contribution in [2.45, 2.75) is 32.7 Å². The van der Waals surface area contributed by atoms with E-state index in [2.05, 4.69) is 28.8 Å². The van der Waals surface area contributed by atoms with Crippen molar-refractivity contribution < 1.29 is 27.4 Å². The van der Waals surface area contributed by atoms with E-state index in [1.165, 1.54) is 24.3 Å². The van der Waals surface area contributed by atoms with E-state index in [-0.39, 0.29) is 24.1 Å². The summed E-state index contributed by atoms with van der Waals surface area (Å²) >= 11 is 0. The van der Waals surface area contributed by atoms with Crippen LogP contribution in [0.1, 0.15) is 19.4 Å². The van der Waals surface area contributed by atoms with Gasteiger partial charge in [-0.05, 0) is 23.6 Å². The number of nitrogens with one attached hydrogen (secondary N) is 1.